The van der Waals surface area contributed by atoms with Gasteiger partial charge in [-0.15, -0.1) is 0 Å². The SMILES string of the molecule is CC(C)OCC(=O)Nc1cccc(NC(=O)C2CC2)c1. The number of anilines is 2. The number of ether oxygens (including phenoxy) is 1. The molecule has 0 saturated heterocycles. The zero-order valence-electron chi connectivity index (χ0n) is 11.8. The summed E-state index contributed by atoms with van der Waals surface area (Å²) in [6.45, 7) is 3.78. The van der Waals surface area contributed by atoms with Gasteiger partial charge in [0.25, 0.3) is 0 Å². The van der Waals surface area contributed by atoms with Crippen LogP contribution in [-0.2, 0) is 14.3 Å². The maximum Gasteiger partial charge on any atom is 0.250 e. The number of carbonyl (C=O) groups excluding carboxylic acids is 2. The van der Waals surface area contributed by atoms with Gasteiger partial charge in [-0.05, 0) is 44.9 Å². The van der Waals surface area contributed by atoms with Crippen LogP contribution in [0.5, 0.6) is 0 Å². The Morgan fingerprint density at radius 3 is 2.50 bits per heavy atom. The topological polar surface area (TPSA) is 67.4 Å². The van der Waals surface area contributed by atoms with E-state index in [4.69, 9.17) is 4.74 Å². The number of benzene rings is 1. The smallest absolute Gasteiger partial charge is 0.250 e. The number of rotatable bonds is 6. The van der Waals surface area contributed by atoms with Crippen molar-refractivity contribution in [3.05, 3.63) is 24.3 Å². The maximum absolute atomic E-state index is 11.7. The van der Waals surface area contributed by atoms with Crippen LogP contribution in [0.2, 0.25) is 0 Å². The number of carbonyl (C=O) groups is 2. The van der Waals surface area contributed by atoms with E-state index >= 15 is 0 Å². The van der Waals surface area contributed by atoms with Crippen molar-refractivity contribution in [1.29, 1.82) is 0 Å². The fourth-order valence-corrected chi connectivity index (χ4v) is 1.70. The van der Waals surface area contributed by atoms with Crippen molar-refractivity contribution in [2.75, 3.05) is 17.2 Å². The van der Waals surface area contributed by atoms with Crippen LogP contribution in [0.3, 0.4) is 0 Å². The summed E-state index contributed by atoms with van der Waals surface area (Å²) in [7, 11) is 0. The Morgan fingerprint density at radius 1 is 1.25 bits per heavy atom. The lowest BCUT2D eigenvalue weighted by atomic mass is 10.2. The summed E-state index contributed by atoms with van der Waals surface area (Å²) >= 11 is 0. The molecule has 0 radical (unpaired) electrons. The number of hydrogen-bond acceptors (Lipinski definition) is 3. The van der Waals surface area contributed by atoms with Crippen molar-refractivity contribution in [3.63, 3.8) is 0 Å². The van der Waals surface area contributed by atoms with Gasteiger partial charge in [0.15, 0.2) is 0 Å². The Labute approximate surface area is 118 Å². The summed E-state index contributed by atoms with van der Waals surface area (Å²) in [5.74, 6) is 0.00803. The van der Waals surface area contributed by atoms with Crippen LogP contribution in [0.1, 0.15) is 26.7 Å². The minimum Gasteiger partial charge on any atom is -0.369 e. The fraction of sp³-hybridized carbons (Fsp3) is 0.467. The quantitative estimate of drug-likeness (QED) is 0.838. The van der Waals surface area contributed by atoms with E-state index in [2.05, 4.69) is 10.6 Å². The van der Waals surface area contributed by atoms with Gasteiger partial charge in [-0.1, -0.05) is 6.07 Å². The van der Waals surface area contributed by atoms with Gasteiger partial charge in [0.05, 0.1) is 6.10 Å². The first kappa shape index (κ1) is 14.5. The summed E-state index contributed by atoms with van der Waals surface area (Å²) in [6, 6.07) is 7.12. The van der Waals surface area contributed by atoms with E-state index in [1.165, 1.54) is 0 Å². The molecule has 0 heterocycles. The molecule has 5 heteroatoms. The Hall–Kier alpha value is -1.88. The third-order valence-corrected chi connectivity index (χ3v) is 2.91. The second-order valence-electron chi connectivity index (χ2n) is 5.25. The molecule has 0 unspecified atom stereocenters. The van der Waals surface area contributed by atoms with Crippen LogP contribution < -0.4 is 10.6 Å². The van der Waals surface area contributed by atoms with Gasteiger partial charge in [0.2, 0.25) is 11.8 Å². The fourth-order valence-electron chi connectivity index (χ4n) is 1.70. The molecule has 5 nitrogen and oxygen atoms in total. The van der Waals surface area contributed by atoms with Gasteiger partial charge in [0.1, 0.15) is 6.61 Å². The maximum atomic E-state index is 11.7. The molecule has 2 amide bonds. The first-order chi connectivity index (χ1) is 9.54. The summed E-state index contributed by atoms with van der Waals surface area (Å²) < 4.78 is 5.23. The van der Waals surface area contributed by atoms with Gasteiger partial charge >= 0.3 is 0 Å². The van der Waals surface area contributed by atoms with Crippen LogP contribution in [0.25, 0.3) is 0 Å². The van der Waals surface area contributed by atoms with Crippen LogP contribution in [0.4, 0.5) is 11.4 Å². The summed E-state index contributed by atoms with van der Waals surface area (Å²) in [5, 5.41) is 5.59. The Morgan fingerprint density at radius 2 is 1.90 bits per heavy atom. The molecule has 20 heavy (non-hydrogen) atoms. The van der Waals surface area contributed by atoms with Gasteiger partial charge in [-0.25, -0.2) is 0 Å². The monoisotopic (exact) mass is 276 g/mol. The van der Waals surface area contributed by atoms with Crippen molar-refractivity contribution >= 4 is 23.2 Å². The standard InChI is InChI=1S/C15H20N2O3/c1-10(2)20-9-14(18)16-12-4-3-5-13(8-12)17-15(19)11-6-7-11/h3-5,8,10-11H,6-7,9H2,1-2H3,(H,16,18)(H,17,19). The van der Waals surface area contributed by atoms with Crippen molar-refractivity contribution in [3.8, 4) is 0 Å². The number of nitrogens with one attached hydrogen (secondary N) is 2. The molecule has 1 saturated carbocycles. The largest absolute Gasteiger partial charge is 0.369 e. The van der Waals surface area contributed by atoms with Crippen LogP contribution in [0.15, 0.2) is 24.3 Å². The predicted molar refractivity (Wildman–Crippen MR) is 77.5 cm³/mol. The summed E-state index contributed by atoms with van der Waals surface area (Å²) in [5.41, 5.74) is 1.35. The van der Waals surface area contributed by atoms with Gasteiger partial charge in [-0.2, -0.15) is 0 Å². The molecule has 0 atom stereocenters. The third-order valence-electron chi connectivity index (χ3n) is 2.91. The molecule has 2 N–H and O–H groups in total. The first-order valence-corrected chi connectivity index (χ1v) is 6.87. The average molecular weight is 276 g/mol. The number of amides is 2. The molecule has 0 spiro atoms. The van der Waals surface area contributed by atoms with E-state index in [0.29, 0.717) is 11.4 Å². The lowest BCUT2D eigenvalue weighted by molar-refractivity contribution is -0.122. The third kappa shape index (κ3) is 4.66. The molecule has 1 fully saturated rings. The van der Waals surface area contributed by atoms with Crippen molar-refractivity contribution in [2.24, 2.45) is 5.92 Å². The molecule has 1 aromatic carbocycles. The highest BCUT2D eigenvalue weighted by molar-refractivity contribution is 5.96. The molecule has 2 rings (SSSR count). The molecular weight excluding hydrogens is 256 g/mol. The highest BCUT2D eigenvalue weighted by Gasteiger charge is 2.29. The molecule has 0 bridgehead atoms. The lowest BCUT2D eigenvalue weighted by Crippen LogP contribution is -2.20. The van der Waals surface area contributed by atoms with Gasteiger partial charge < -0.3 is 15.4 Å². The van der Waals surface area contributed by atoms with E-state index in [9.17, 15) is 9.59 Å². The molecule has 1 aliphatic carbocycles. The molecule has 0 aliphatic heterocycles. The van der Waals surface area contributed by atoms with Crippen LogP contribution in [0, 0.1) is 5.92 Å². The summed E-state index contributed by atoms with van der Waals surface area (Å²) in [4.78, 5) is 23.3. The normalized spacial score (nSPS) is 14.2. The van der Waals surface area contributed by atoms with Crippen molar-refractivity contribution in [1.82, 2.24) is 0 Å². The predicted octanol–water partition coefficient (Wildman–Crippen LogP) is 2.40. The number of hydrogen-bond donors (Lipinski definition) is 2. The van der Waals surface area contributed by atoms with Crippen molar-refractivity contribution < 1.29 is 14.3 Å². The van der Waals surface area contributed by atoms with E-state index in [0.717, 1.165) is 12.8 Å². The molecule has 1 aliphatic rings. The molecular formula is C15H20N2O3. The zero-order valence-corrected chi connectivity index (χ0v) is 11.8. The first-order valence-electron chi connectivity index (χ1n) is 6.87. The average Bonchev–Trinajstić information content (AvgIpc) is 3.21. The Bertz CT molecular complexity index is 496. The van der Waals surface area contributed by atoms with E-state index in [1.807, 2.05) is 13.8 Å². The molecule has 1 aromatic rings. The molecule has 0 aromatic heterocycles. The highest BCUT2D eigenvalue weighted by atomic mass is 16.5. The second kappa shape index (κ2) is 6.52. The van der Waals surface area contributed by atoms with Crippen LogP contribution >= 0.6 is 0 Å². The van der Waals surface area contributed by atoms with Crippen molar-refractivity contribution in [2.45, 2.75) is 32.8 Å². The summed E-state index contributed by atoms with van der Waals surface area (Å²) in [6.07, 6.45) is 1.95. The minimum absolute atomic E-state index is 0.0184. The Balaban J connectivity index is 1.88. The molecule has 108 valence electrons. The zero-order chi connectivity index (χ0) is 14.5. The van der Waals surface area contributed by atoms with E-state index in [-0.39, 0.29) is 30.4 Å². The van der Waals surface area contributed by atoms with E-state index < -0.39 is 0 Å². The van der Waals surface area contributed by atoms with E-state index in [1.54, 1.807) is 24.3 Å². The minimum atomic E-state index is -0.204. The Kier molecular flexibility index (Phi) is 4.74. The van der Waals surface area contributed by atoms with Gasteiger partial charge in [-0.3, -0.25) is 9.59 Å². The van der Waals surface area contributed by atoms with Crippen LogP contribution in [-0.4, -0.2) is 24.5 Å². The van der Waals surface area contributed by atoms with Gasteiger partial charge in [0, 0.05) is 17.3 Å². The second-order valence-corrected chi connectivity index (χ2v) is 5.25. The highest BCUT2D eigenvalue weighted by Crippen LogP contribution is 2.30. The lowest BCUT2D eigenvalue weighted by Gasteiger charge is -2.10.